The van der Waals surface area contributed by atoms with Crippen molar-refractivity contribution in [2.45, 2.75) is 37.6 Å². The molecule has 0 aliphatic carbocycles. The van der Waals surface area contributed by atoms with E-state index in [1.807, 2.05) is 35.7 Å². The molecule has 0 fully saturated rings. The summed E-state index contributed by atoms with van der Waals surface area (Å²) >= 11 is 4.71. The monoisotopic (exact) mass is 455 g/mol. The van der Waals surface area contributed by atoms with Gasteiger partial charge in [0.1, 0.15) is 5.82 Å². The molecule has 4 aromatic rings. The van der Waals surface area contributed by atoms with Gasteiger partial charge in [-0.1, -0.05) is 36.9 Å². The third-order valence-electron chi connectivity index (χ3n) is 4.43. The molecule has 9 heteroatoms. The van der Waals surface area contributed by atoms with E-state index in [2.05, 4.69) is 38.5 Å². The second-order valence-electron chi connectivity index (χ2n) is 6.61. The Balaban J connectivity index is 1.41. The van der Waals surface area contributed by atoms with Gasteiger partial charge in [-0.3, -0.25) is 14.8 Å². The second kappa shape index (κ2) is 9.55. The Kier molecular flexibility index (Phi) is 6.61. The van der Waals surface area contributed by atoms with Crippen molar-refractivity contribution >= 4 is 51.2 Å². The van der Waals surface area contributed by atoms with Crippen LogP contribution in [0.15, 0.2) is 52.3 Å². The van der Waals surface area contributed by atoms with Crippen LogP contribution in [0.5, 0.6) is 0 Å². The Bertz CT molecular complexity index is 1100. The van der Waals surface area contributed by atoms with Gasteiger partial charge in [-0.15, -0.1) is 27.8 Å². The van der Waals surface area contributed by atoms with Gasteiger partial charge in [0.05, 0.1) is 11.4 Å². The number of aromatic nitrogens is 4. The van der Waals surface area contributed by atoms with E-state index in [9.17, 15) is 4.79 Å². The number of thioether (sulfide) groups is 1. The molecule has 0 aliphatic rings. The van der Waals surface area contributed by atoms with Crippen molar-refractivity contribution in [2.24, 2.45) is 0 Å². The molecule has 0 unspecified atom stereocenters. The largest absolute Gasteiger partial charge is 0.274 e. The Morgan fingerprint density at radius 3 is 2.70 bits per heavy atom. The first-order chi connectivity index (χ1) is 14.6. The molecule has 6 nitrogen and oxygen atoms in total. The van der Waals surface area contributed by atoms with Crippen LogP contribution < -0.4 is 4.90 Å². The lowest BCUT2D eigenvalue weighted by Gasteiger charge is -2.18. The number of anilines is 2. The molecular formula is C21H21N5OS3. The molecule has 3 heterocycles. The fourth-order valence-electron chi connectivity index (χ4n) is 2.91. The average Bonchev–Trinajstić information content (AvgIpc) is 3.50. The van der Waals surface area contributed by atoms with E-state index in [0.29, 0.717) is 16.0 Å². The van der Waals surface area contributed by atoms with E-state index < -0.39 is 0 Å². The summed E-state index contributed by atoms with van der Waals surface area (Å²) in [6.45, 7) is 3.67. The number of nitrogens with zero attached hydrogens (tertiary/aromatic N) is 4. The number of thiophene rings is 1. The first-order valence-electron chi connectivity index (χ1n) is 9.53. The van der Waals surface area contributed by atoms with E-state index in [-0.39, 0.29) is 5.91 Å². The number of hydrogen-bond acceptors (Lipinski definition) is 7. The predicted molar refractivity (Wildman–Crippen MR) is 124 cm³/mol. The minimum absolute atomic E-state index is 0.0556. The van der Waals surface area contributed by atoms with Gasteiger partial charge in [-0.2, -0.15) is 0 Å². The molecule has 1 aromatic carbocycles. The quantitative estimate of drug-likeness (QED) is 0.358. The maximum atomic E-state index is 12.3. The molecule has 4 rings (SSSR count). The Labute approximate surface area is 187 Å². The topological polar surface area (TPSA) is 74.8 Å². The molecule has 0 saturated carbocycles. The molecule has 154 valence electrons. The van der Waals surface area contributed by atoms with Crippen molar-refractivity contribution in [3.63, 3.8) is 0 Å². The van der Waals surface area contributed by atoms with Crippen molar-refractivity contribution in [2.75, 3.05) is 4.90 Å². The number of aromatic amines is 1. The minimum atomic E-state index is -0.0556. The van der Waals surface area contributed by atoms with Crippen molar-refractivity contribution in [1.82, 2.24) is 20.2 Å². The number of benzene rings is 1. The Hall–Kier alpha value is -2.49. The van der Waals surface area contributed by atoms with Crippen LogP contribution in [0.3, 0.4) is 0 Å². The van der Waals surface area contributed by atoms with E-state index in [4.69, 9.17) is 0 Å². The number of H-pyrrole nitrogens is 1. The molecule has 0 saturated heterocycles. The molecule has 0 radical (unpaired) electrons. The zero-order valence-corrected chi connectivity index (χ0v) is 19.1. The molecular weight excluding hydrogens is 434 g/mol. The lowest BCUT2D eigenvalue weighted by atomic mass is 10.1. The highest BCUT2D eigenvalue weighted by molar-refractivity contribution is 7.98. The zero-order valence-electron chi connectivity index (χ0n) is 16.7. The summed E-state index contributed by atoms with van der Waals surface area (Å²) in [5.74, 6) is 1.45. The summed E-state index contributed by atoms with van der Waals surface area (Å²) in [7, 11) is 0. The number of hydrogen-bond donors (Lipinski definition) is 1. The summed E-state index contributed by atoms with van der Waals surface area (Å²) in [5.41, 5.74) is 2.98. The summed E-state index contributed by atoms with van der Waals surface area (Å²) in [6, 6.07) is 12.2. The fraction of sp³-hybridized carbons (Fsp3) is 0.238. The summed E-state index contributed by atoms with van der Waals surface area (Å²) < 4.78 is 0. The van der Waals surface area contributed by atoms with Gasteiger partial charge >= 0.3 is 0 Å². The van der Waals surface area contributed by atoms with Crippen molar-refractivity contribution in [1.29, 1.82) is 0 Å². The molecule has 0 aliphatic heterocycles. The van der Waals surface area contributed by atoms with Crippen LogP contribution >= 0.6 is 34.4 Å². The van der Waals surface area contributed by atoms with Crippen LogP contribution in [0.25, 0.3) is 0 Å². The third-order valence-corrected chi connectivity index (χ3v) is 7.06. The molecule has 1 N–H and O–H groups in total. The smallest absolute Gasteiger partial charge is 0.230 e. The van der Waals surface area contributed by atoms with Gasteiger partial charge in [-0.05, 0) is 35.6 Å². The highest BCUT2D eigenvalue weighted by Gasteiger charge is 2.18. The first-order valence-corrected chi connectivity index (χ1v) is 12.3. The number of amides is 1. The summed E-state index contributed by atoms with van der Waals surface area (Å²) in [6.07, 6.45) is 1.73. The van der Waals surface area contributed by atoms with Crippen molar-refractivity contribution < 1.29 is 4.79 Å². The Morgan fingerprint density at radius 1 is 1.17 bits per heavy atom. The summed E-state index contributed by atoms with van der Waals surface area (Å²) in [4.78, 5) is 24.4. The highest BCUT2D eigenvalue weighted by atomic mass is 32.2. The molecule has 1 amide bonds. The number of carbonyl (C=O) groups is 1. The number of carbonyl (C=O) groups excluding carboxylic acids is 1. The molecule has 0 bridgehead atoms. The van der Waals surface area contributed by atoms with E-state index in [0.717, 1.165) is 30.0 Å². The Morgan fingerprint density at radius 2 is 2.00 bits per heavy atom. The number of rotatable bonds is 8. The maximum absolute atomic E-state index is 12.3. The summed E-state index contributed by atoms with van der Waals surface area (Å²) in [5, 5.41) is 12.7. The molecule has 3 aromatic heterocycles. The highest BCUT2D eigenvalue weighted by Crippen LogP contribution is 2.31. The third kappa shape index (κ3) is 4.97. The standard InChI is InChI=1S/C21H21N5OS3/c1-3-15-6-8-17(9-7-15)26(14(2)27)21-22-16(13-30-21)12-29-20-23-19(24-25-20)11-18-5-4-10-28-18/h4-10,13H,3,11-12H2,1-2H3,(H,23,24,25). The van der Waals surface area contributed by atoms with E-state index in [1.165, 1.54) is 33.5 Å². The van der Waals surface area contributed by atoms with E-state index in [1.54, 1.807) is 23.2 Å². The van der Waals surface area contributed by atoms with Crippen LogP contribution in [0.4, 0.5) is 10.8 Å². The maximum Gasteiger partial charge on any atom is 0.230 e. The fourth-order valence-corrected chi connectivity index (χ4v) is 5.32. The van der Waals surface area contributed by atoms with Crippen LogP contribution in [-0.2, 0) is 23.4 Å². The lowest BCUT2D eigenvalue weighted by molar-refractivity contribution is -0.115. The van der Waals surface area contributed by atoms with Gasteiger partial charge in [0, 0.05) is 29.4 Å². The van der Waals surface area contributed by atoms with Gasteiger partial charge < -0.3 is 0 Å². The number of nitrogens with one attached hydrogen (secondary N) is 1. The minimum Gasteiger partial charge on any atom is -0.274 e. The molecule has 0 atom stereocenters. The first kappa shape index (κ1) is 20.8. The lowest BCUT2D eigenvalue weighted by Crippen LogP contribution is -2.22. The van der Waals surface area contributed by atoms with E-state index >= 15 is 0 Å². The van der Waals surface area contributed by atoms with Crippen molar-refractivity contribution in [3.05, 3.63) is 69.1 Å². The van der Waals surface area contributed by atoms with Gasteiger partial charge in [0.15, 0.2) is 5.13 Å². The normalized spacial score (nSPS) is 11.0. The van der Waals surface area contributed by atoms with Gasteiger partial charge in [-0.25, -0.2) is 9.97 Å². The zero-order chi connectivity index (χ0) is 20.9. The second-order valence-corrected chi connectivity index (χ2v) is 9.42. The van der Waals surface area contributed by atoms with Crippen LogP contribution in [-0.4, -0.2) is 26.1 Å². The van der Waals surface area contributed by atoms with Crippen LogP contribution in [0, 0.1) is 0 Å². The van der Waals surface area contributed by atoms with Crippen molar-refractivity contribution in [3.8, 4) is 0 Å². The molecule has 30 heavy (non-hydrogen) atoms. The molecule has 0 spiro atoms. The number of aryl methyl sites for hydroxylation is 1. The number of thiazole rings is 1. The van der Waals surface area contributed by atoms with Gasteiger partial charge in [0.2, 0.25) is 11.1 Å². The van der Waals surface area contributed by atoms with Gasteiger partial charge in [0.25, 0.3) is 0 Å². The predicted octanol–water partition coefficient (Wildman–Crippen LogP) is 5.45. The van der Waals surface area contributed by atoms with Crippen LogP contribution in [0.1, 0.15) is 35.8 Å². The SMILES string of the molecule is CCc1ccc(N(C(C)=O)c2nc(CSc3n[nH]c(Cc4cccs4)n3)cs2)cc1. The van der Waals surface area contributed by atoms with Crippen LogP contribution in [0.2, 0.25) is 0 Å². The average molecular weight is 456 g/mol.